The van der Waals surface area contributed by atoms with Gasteiger partial charge in [-0.15, -0.1) is 0 Å². The number of likely N-dealkylation sites (N-methyl/N-ethyl adjacent to an activating group) is 1. The van der Waals surface area contributed by atoms with Crippen LogP contribution in [-0.2, 0) is 21.2 Å². The molecule has 1 aliphatic carbocycles. The second-order valence-corrected chi connectivity index (χ2v) is 13.3. The number of rotatable bonds is 8. The second-order valence-electron chi connectivity index (χ2n) is 11.1. The van der Waals surface area contributed by atoms with Crippen molar-refractivity contribution in [1.29, 1.82) is 0 Å². The number of ketones is 1. The van der Waals surface area contributed by atoms with E-state index in [-0.39, 0.29) is 34.5 Å². The maximum absolute atomic E-state index is 14.1. The van der Waals surface area contributed by atoms with Crippen molar-refractivity contribution in [2.24, 2.45) is 0 Å². The summed E-state index contributed by atoms with van der Waals surface area (Å²) in [6.07, 6.45) is 8.13. The minimum absolute atomic E-state index is 0.0464. The molecule has 4 aromatic rings. The van der Waals surface area contributed by atoms with Gasteiger partial charge in [0, 0.05) is 54.7 Å². The zero-order chi connectivity index (χ0) is 30.8. The number of hydrogen-bond acceptors (Lipinski definition) is 9. The first kappa shape index (κ1) is 29.5. The van der Waals surface area contributed by atoms with Crippen molar-refractivity contribution in [3.05, 3.63) is 107 Å². The average Bonchev–Trinajstić information content (AvgIpc) is 3.04. The van der Waals surface area contributed by atoms with Crippen LogP contribution in [0.15, 0.2) is 94.8 Å². The van der Waals surface area contributed by atoms with E-state index in [1.165, 1.54) is 10.6 Å². The van der Waals surface area contributed by atoms with Crippen LogP contribution in [-0.4, -0.2) is 72.6 Å². The molecule has 1 N–H and O–H groups in total. The summed E-state index contributed by atoms with van der Waals surface area (Å²) in [5.41, 5.74) is 2.59. The summed E-state index contributed by atoms with van der Waals surface area (Å²) in [5.74, 6) is -0.744. The molecule has 1 saturated heterocycles. The monoisotopic (exact) mass is 610 g/mol. The fraction of sp³-hybridized carbons (Fsp3) is 0.273. The number of carbonyl (C=O) groups is 1. The van der Waals surface area contributed by atoms with Gasteiger partial charge in [0.1, 0.15) is 5.65 Å². The average molecular weight is 611 g/mol. The predicted octanol–water partition coefficient (Wildman–Crippen LogP) is 3.91. The number of nitrogens with one attached hydrogen (secondary N) is 1. The largest absolute Gasteiger partial charge is 0.369 e. The topological polar surface area (TPSA) is 118 Å². The number of allylic oxidation sites excluding steroid dienone is 4. The molecule has 0 saturated carbocycles. The minimum Gasteiger partial charge on any atom is -0.369 e. The first-order chi connectivity index (χ1) is 21.2. The molecule has 10 nitrogen and oxygen atoms in total. The number of fused-ring (bicyclic) bond motifs is 1. The van der Waals surface area contributed by atoms with Crippen LogP contribution in [0.5, 0.6) is 0 Å². The van der Waals surface area contributed by atoms with Gasteiger partial charge in [-0.1, -0.05) is 43.4 Å². The van der Waals surface area contributed by atoms with Gasteiger partial charge in [-0.2, -0.15) is 4.98 Å². The normalized spacial score (nSPS) is 17.4. The van der Waals surface area contributed by atoms with Crippen molar-refractivity contribution >= 4 is 44.0 Å². The Morgan fingerprint density at radius 2 is 1.73 bits per heavy atom. The van der Waals surface area contributed by atoms with Crippen LogP contribution in [0.2, 0.25) is 0 Å². The van der Waals surface area contributed by atoms with Crippen LogP contribution < -0.4 is 15.8 Å². The van der Waals surface area contributed by atoms with E-state index in [1.54, 1.807) is 61.7 Å². The van der Waals surface area contributed by atoms with E-state index in [0.29, 0.717) is 16.6 Å². The third-order valence-corrected chi connectivity index (χ3v) is 10.0. The molecule has 2 aliphatic rings. The molecule has 1 fully saturated rings. The Bertz CT molecular complexity index is 1940. The number of pyridine rings is 1. The van der Waals surface area contributed by atoms with Crippen molar-refractivity contribution in [2.45, 2.75) is 24.3 Å². The first-order valence-electron chi connectivity index (χ1n) is 14.6. The maximum Gasteiger partial charge on any atom is 0.256 e. The molecule has 2 aromatic heterocycles. The third-order valence-electron chi connectivity index (χ3n) is 8.18. The van der Waals surface area contributed by atoms with Crippen molar-refractivity contribution in [3.63, 3.8) is 0 Å². The van der Waals surface area contributed by atoms with Crippen molar-refractivity contribution in [1.82, 2.24) is 19.4 Å². The molecule has 1 unspecified atom stereocenters. The number of sulfone groups is 1. The lowest BCUT2D eigenvalue weighted by Gasteiger charge is -2.34. The highest BCUT2D eigenvalue weighted by atomic mass is 32.2. The van der Waals surface area contributed by atoms with Gasteiger partial charge in [-0.25, -0.2) is 13.4 Å². The summed E-state index contributed by atoms with van der Waals surface area (Å²) in [5, 5.41) is 3.80. The predicted molar refractivity (Wildman–Crippen MR) is 173 cm³/mol. The molecule has 44 heavy (non-hydrogen) atoms. The molecule has 6 rings (SSSR count). The second kappa shape index (κ2) is 12.2. The Kier molecular flexibility index (Phi) is 8.15. The maximum atomic E-state index is 14.1. The quantitative estimate of drug-likeness (QED) is 0.317. The van der Waals surface area contributed by atoms with Crippen LogP contribution in [0.1, 0.15) is 24.0 Å². The van der Waals surface area contributed by atoms with Gasteiger partial charge in [0.25, 0.3) is 5.56 Å². The molecular weight excluding hydrogens is 576 g/mol. The number of benzene rings is 2. The van der Waals surface area contributed by atoms with Gasteiger partial charge in [-0.05, 0) is 55.1 Å². The van der Waals surface area contributed by atoms with Crippen LogP contribution in [0, 0.1) is 0 Å². The molecule has 3 heterocycles. The molecule has 0 spiro atoms. The van der Waals surface area contributed by atoms with Gasteiger partial charge in [0.15, 0.2) is 15.6 Å². The van der Waals surface area contributed by atoms with Crippen LogP contribution >= 0.6 is 0 Å². The van der Waals surface area contributed by atoms with Crippen molar-refractivity contribution in [2.75, 3.05) is 49.2 Å². The Morgan fingerprint density at radius 1 is 0.977 bits per heavy atom. The highest BCUT2D eigenvalue weighted by Crippen LogP contribution is 2.26. The highest BCUT2D eigenvalue weighted by Gasteiger charge is 2.25. The number of hydrogen-bond donors (Lipinski definition) is 1. The van der Waals surface area contributed by atoms with E-state index in [9.17, 15) is 18.0 Å². The van der Waals surface area contributed by atoms with E-state index in [1.807, 2.05) is 12.1 Å². The molecule has 1 aliphatic heterocycles. The summed E-state index contributed by atoms with van der Waals surface area (Å²) >= 11 is 0. The molecule has 0 bridgehead atoms. The summed E-state index contributed by atoms with van der Waals surface area (Å²) in [6.45, 7) is 5.52. The van der Waals surface area contributed by atoms with E-state index in [4.69, 9.17) is 4.98 Å². The minimum atomic E-state index is -3.56. The van der Waals surface area contributed by atoms with Crippen LogP contribution in [0.4, 0.5) is 17.3 Å². The van der Waals surface area contributed by atoms with Gasteiger partial charge in [0.2, 0.25) is 5.95 Å². The lowest BCUT2D eigenvalue weighted by atomic mass is 9.91. The Morgan fingerprint density at radius 3 is 2.45 bits per heavy atom. The summed E-state index contributed by atoms with van der Waals surface area (Å²) in [7, 11) is -1.43. The molecule has 11 heteroatoms. The van der Waals surface area contributed by atoms with Crippen molar-refractivity contribution < 1.29 is 13.2 Å². The third kappa shape index (κ3) is 5.93. The van der Waals surface area contributed by atoms with E-state index >= 15 is 0 Å². The molecule has 0 radical (unpaired) electrons. The van der Waals surface area contributed by atoms with Crippen molar-refractivity contribution in [3.8, 4) is 0 Å². The number of piperazine rings is 1. The Balaban J connectivity index is 1.40. The Hall–Kier alpha value is -4.61. The van der Waals surface area contributed by atoms with Crippen LogP contribution in [0.25, 0.3) is 11.0 Å². The SMILES string of the molecule is CCS(=O)(=O)c1ccccc1Cn1c(=O)c(C2C=CC=CC2=O)cc2cnc(Nc3ccc(N4CCN(C)CC4)cc3)nc21. The number of anilines is 3. The fourth-order valence-electron chi connectivity index (χ4n) is 5.61. The lowest BCUT2D eigenvalue weighted by molar-refractivity contribution is -0.115. The summed E-state index contributed by atoms with van der Waals surface area (Å²) < 4.78 is 27.3. The summed E-state index contributed by atoms with van der Waals surface area (Å²) in [6, 6.07) is 16.4. The zero-order valence-corrected chi connectivity index (χ0v) is 25.5. The fourth-order valence-corrected chi connectivity index (χ4v) is 6.73. The molecule has 226 valence electrons. The zero-order valence-electron chi connectivity index (χ0n) is 24.7. The summed E-state index contributed by atoms with van der Waals surface area (Å²) in [4.78, 5) is 40.9. The van der Waals surface area contributed by atoms with Gasteiger partial charge >= 0.3 is 0 Å². The van der Waals surface area contributed by atoms with Gasteiger partial charge in [-0.3, -0.25) is 14.2 Å². The van der Waals surface area contributed by atoms with Gasteiger partial charge < -0.3 is 15.1 Å². The highest BCUT2D eigenvalue weighted by molar-refractivity contribution is 7.91. The molecule has 1 atom stereocenters. The molecular formula is C33H34N6O4S. The standard InChI is InChI=1S/C33H34N6O4S/c1-3-44(42,43)30-11-7-4-8-23(30)22-39-31-24(20-28(32(39)41)27-9-5-6-10-29(27)40)21-34-33(36-31)35-25-12-14-26(15-13-25)38-18-16-37(2)17-19-38/h4-15,20-21,27H,3,16-19,22H2,1-2H3,(H,34,35,36). The van der Waals surface area contributed by atoms with Gasteiger partial charge in [0.05, 0.1) is 23.1 Å². The number of nitrogens with zero attached hydrogens (tertiary/aromatic N) is 5. The van der Waals surface area contributed by atoms with E-state index in [0.717, 1.165) is 37.6 Å². The van der Waals surface area contributed by atoms with E-state index < -0.39 is 21.3 Å². The number of aromatic nitrogens is 3. The lowest BCUT2D eigenvalue weighted by Crippen LogP contribution is -2.44. The molecule has 2 aromatic carbocycles. The van der Waals surface area contributed by atoms with E-state index in [2.05, 4.69) is 39.3 Å². The smallest absolute Gasteiger partial charge is 0.256 e. The van der Waals surface area contributed by atoms with Crippen LogP contribution in [0.3, 0.4) is 0 Å². The molecule has 0 amide bonds. The number of carbonyl (C=O) groups excluding carboxylic acids is 1. The Labute approximate surface area is 256 Å². The first-order valence-corrected chi connectivity index (χ1v) is 16.3.